The van der Waals surface area contributed by atoms with Crippen molar-refractivity contribution in [1.29, 1.82) is 0 Å². The zero-order chi connectivity index (χ0) is 17.7. The first kappa shape index (κ1) is 18.4. The van der Waals surface area contributed by atoms with Gasteiger partial charge in [0.15, 0.2) is 6.61 Å². The highest BCUT2D eigenvalue weighted by atomic mass is 19.4. The molecular formula is C17H23F3N2O2. The first-order chi connectivity index (χ1) is 11.3. The van der Waals surface area contributed by atoms with Crippen LogP contribution in [0.4, 0.5) is 18.9 Å². The summed E-state index contributed by atoms with van der Waals surface area (Å²) in [5.41, 5.74) is 0.382. The predicted octanol–water partition coefficient (Wildman–Crippen LogP) is 3.83. The Morgan fingerprint density at radius 3 is 2.50 bits per heavy atom. The molecule has 24 heavy (non-hydrogen) atoms. The minimum atomic E-state index is -4.40. The molecule has 1 aliphatic rings. The van der Waals surface area contributed by atoms with Gasteiger partial charge >= 0.3 is 6.18 Å². The van der Waals surface area contributed by atoms with Crippen molar-refractivity contribution in [2.24, 2.45) is 0 Å². The van der Waals surface area contributed by atoms with Gasteiger partial charge in [-0.25, -0.2) is 0 Å². The Kier molecular flexibility index (Phi) is 5.96. The van der Waals surface area contributed by atoms with Gasteiger partial charge in [-0.1, -0.05) is 12.1 Å². The van der Waals surface area contributed by atoms with E-state index >= 15 is 0 Å². The van der Waals surface area contributed by atoms with Crippen LogP contribution in [0.25, 0.3) is 0 Å². The van der Waals surface area contributed by atoms with Gasteiger partial charge in [-0.2, -0.15) is 13.2 Å². The maximum atomic E-state index is 12.5. The average Bonchev–Trinajstić information content (AvgIpc) is 2.50. The van der Waals surface area contributed by atoms with Gasteiger partial charge in [-0.3, -0.25) is 4.79 Å². The molecule has 1 aromatic carbocycles. The fraction of sp³-hybridized carbons (Fsp3) is 0.588. The van der Waals surface area contributed by atoms with E-state index in [1.807, 2.05) is 18.7 Å². The third-order valence-electron chi connectivity index (χ3n) is 4.19. The Balaban J connectivity index is 1.97. The number of piperidine rings is 1. The Bertz CT molecular complexity index is 553. The first-order valence-electron chi connectivity index (χ1n) is 8.11. The summed E-state index contributed by atoms with van der Waals surface area (Å²) in [6.45, 7) is 2.71. The topological polar surface area (TPSA) is 41.6 Å². The summed E-state index contributed by atoms with van der Waals surface area (Å²) in [5, 5.41) is 2.90. The predicted molar refractivity (Wildman–Crippen MR) is 86.1 cm³/mol. The molecule has 1 heterocycles. The van der Waals surface area contributed by atoms with Gasteiger partial charge in [0.2, 0.25) is 5.91 Å². The lowest BCUT2D eigenvalue weighted by Crippen LogP contribution is -2.49. The summed E-state index contributed by atoms with van der Waals surface area (Å²) in [7, 11) is 0. The number of nitrogens with one attached hydrogen (secondary N) is 1. The van der Waals surface area contributed by atoms with Crippen molar-refractivity contribution >= 4 is 11.6 Å². The Hall–Kier alpha value is -1.92. The van der Waals surface area contributed by atoms with Gasteiger partial charge in [0.25, 0.3) is 0 Å². The molecule has 1 N–H and O–H groups in total. The second-order valence-corrected chi connectivity index (χ2v) is 6.18. The van der Waals surface area contributed by atoms with E-state index in [0.717, 1.165) is 19.3 Å². The molecule has 2 rings (SSSR count). The molecule has 0 aromatic heterocycles. The highest BCUT2D eigenvalue weighted by Crippen LogP contribution is 2.27. The molecule has 134 valence electrons. The van der Waals surface area contributed by atoms with Crippen LogP contribution in [-0.4, -0.2) is 42.2 Å². The number of ether oxygens (including phenoxy) is 1. The Morgan fingerprint density at radius 1 is 1.25 bits per heavy atom. The highest BCUT2D eigenvalue weighted by Gasteiger charge is 2.30. The smallest absolute Gasteiger partial charge is 0.422 e. The van der Waals surface area contributed by atoms with Crippen LogP contribution >= 0.6 is 0 Å². The van der Waals surface area contributed by atoms with E-state index in [1.165, 1.54) is 6.07 Å². The van der Waals surface area contributed by atoms with Crippen LogP contribution in [0.1, 0.15) is 33.1 Å². The molecule has 4 nitrogen and oxygen atoms in total. The lowest BCUT2D eigenvalue weighted by atomic mass is 9.97. The van der Waals surface area contributed by atoms with Crippen LogP contribution in [0.15, 0.2) is 24.3 Å². The van der Waals surface area contributed by atoms with Crippen LogP contribution < -0.4 is 10.1 Å². The van der Waals surface area contributed by atoms with Crippen molar-refractivity contribution in [3.8, 4) is 5.75 Å². The van der Waals surface area contributed by atoms with Crippen molar-refractivity contribution in [1.82, 2.24) is 4.90 Å². The normalized spacial score (nSPS) is 21.5. The standard InChI is InChI=1S/C17H23F3N2O2/c1-12-6-5-7-13(2)22(12)16(23)10-21-14-8-3-4-9-15(14)24-11-17(18,19)20/h3-4,8-9,12-13,21H,5-7,10-11H2,1-2H3/t12-,13-/m1/s1. The molecule has 1 aromatic rings. The van der Waals surface area contributed by atoms with E-state index in [2.05, 4.69) is 5.32 Å². The van der Waals surface area contributed by atoms with E-state index in [1.54, 1.807) is 18.2 Å². The van der Waals surface area contributed by atoms with Crippen molar-refractivity contribution in [2.75, 3.05) is 18.5 Å². The number of carbonyl (C=O) groups is 1. The summed E-state index contributed by atoms with van der Waals surface area (Å²) in [6.07, 6.45) is -1.35. The molecule has 7 heteroatoms. The number of likely N-dealkylation sites (tertiary alicyclic amines) is 1. The van der Waals surface area contributed by atoms with Crippen LogP contribution in [0.3, 0.4) is 0 Å². The number of carbonyl (C=O) groups excluding carboxylic acids is 1. The quantitative estimate of drug-likeness (QED) is 0.883. The zero-order valence-corrected chi connectivity index (χ0v) is 13.9. The molecule has 1 amide bonds. The highest BCUT2D eigenvalue weighted by molar-refractivity contribution is 5.82. The van der Waals surface area contributed by atoms with E-state index in [9.17, 15) is 18.0 Å². The van der Waals surface area contributed by atoms with Crippen LogP contribution in [0.5, 0.6) is 5.75 Å². The monoisotopic (exact) mass is 344 g/mol. The number of halogens is 3. The fourth-order valence-electron chi connectivity index (χ4n) is 3.07. The third-order valence-corrected chi connectivity index (χ3v) is 4.19. The van der Waals surface area contributed by atoms with Crippen LogP contribution in [0.2, 0.25) is 0 Å². The SMILES string of the molecule is C[C@@H]1CCC[C@@H](C)N1C(=O)CNc1ccccc1OCC(F)(F)F. The number of hydrogen-bond acceptors (Lipinski definition) is 3. The van der Waals surface area contributed by atoms with Gasteiger partial charge in [0.1, 0.15) is 5.75 Å². The molecule has 2 atom stereocenters. The van der Waals surface area contributed by atoms with E-state index in [-0.39, 0.29) is 30.3 Å². The van der Waals surface area contributed by atoms with E-state index in [0.29, 0.717) is 5.69 Å². The minimum absolute atomic E-state index is 0.0288. The van der Waals surface area contributed by atoms with Gasteiger partial charge in [0, 0.05) is 12.1 Å². The van der Waals surface area contributed by atoms with Gasteiger partial charge in [-0.15, -0.1) is 0 Å². The molecule has 1 aliphatic heterocycles. The molecular weight excluding hydrogens is 321 g/mol. The molecule has 0 aliphatic carbocycles. The minimum Gasteiger partial charge on any atom is -0.482 e. The third kappa shape index (κ3) is 5.04. The van der Waals surface area contributed by atoms with Gasteiger partial charge in [-0.05, 0) is 45.2 Å². The summed E-state index contributed by atoms with van der Waals surface area (Å²) >= 11 is 0. The number of amides is 1. The molecule has 0 spiro atoms. The molecule has 0 saturated carbocycles. The number of anilines is 1. The Labute approximate surface area is 140 Å². The van der Waals surface area contributed by atoms with E-state index < -0.39 is 12.8 Å². The van der Waals surface area contributed by atoms with Crippen molar-refractivity contribution in [2.45, 2.75) is 51.4 Å². The second-order valence-electron chi connectivity index (χ2n) is 6.18. The van der Waals surface area contributed by atoms with Crippen LogP contribution in [0, 0.1) is 0 Å². The van der Waals surface area contributed by atoms with Crippen molar-refractivity contribution in [3.05, 3.63) is 24.3 Å². The summed E-state index contributed by atoms with van der Waals surface area (Å²) in [5.74, 6) is 0.0303. The summed E-state index contributed by atoms with van der Waals surface area (Å²) in [6, 6.07) is 6.68. The molecule has 1 saturated heterocycles. The summed E-state index contributed by atoms with van der Waals surface area (Å²) in [4.78, 5) is 14.3. The Morgan fingerprint density at radius 2 is 1.88 bits per heavy atom. The average molecular weight is 344 g/mol. The number of hydrogen-bond donors (Lipinski definition) is 1. The molecule has 1 fully saturated rings. The maximum absolute atomic E-state index is 12.5. The fourth-order valence-corrected chi connectivity index (χ4v) is 3.07. The lowest BCUT2D eigenvalue weighted by Gasteiger charge is -2.39. The molecule has 0 bridgehead atoms. The van der Waals surface area contributed by atoms with Gasteiger partial charge < -0.3 is 15.0 Å². The molecule has 0 radical (unpaired) electrons. The van der Waals surface area contributed by atoms with Crippen LogP contribution in [-0.2, 0) is 4.79 Å². The number of para-hydroxylation sites is 2. The van der Waals surface area contributed by atoms with Gasteiger partial charge in [0.05, 0.1) is 12.2 Å². The lowest BCUT2D eigenvalue weighted by molar-refractivity contribution is -0.153. The number of nitrogens with zero attached hydrogens (tertiary/aromatic N) is 1. The first-order valence-corrected chi connectivity index (χ1v) is 8.11. The largest absolute Gasteiger partial charge is 0.482 e. The second kappa shape index (κ2) is 7.77. The number of rotatable bonds is 5. The summed E-state index contributed by atoms with van der Waals surface area (Å²) < 4.78 is 41.7. The van der Waals surface area contributed by atoms with Crippen molar-refractivity contribution < 1.29 is 22.7 Å². The zero-order valence-electron chi connectivity index (χ0n) is 13.9. The maximum Gasteiger partial charge on any atom is 0.422 e. The number of benzene rings is 1. The number of alkyl halides is 3. The van der Waals surface area contributed by atoms with E-state index in [4.69, 9.17) is 4.74 Å². The molecule has 0 unspecified atom stereocenters. The van der Waals surface area contributed by atoms with Crippen molar-refractivity contribution in [3.63, 3.8) is 0 Å².